The van der Waals surface area contributed by atoms with E-state index in [4.69, 9.17) is 11.6 Å². The van der Waals surface area contributed by atoms with Crippen molar-refractivity contribution in [1.82, 2.24) is 4.90 Å². The number of likely N-dealkylation sites (tertiary alicyclic amines) is 1. The SMILES string of the molecule is O=C(Cc1cccc(Cl)c1)c1cc(N2CCC(N3CCCCC3)CC2)cc(C(F)(F)F)c1. The summed E-state index contributed by atoms with van der Waals surface area (Å²) in [6, 6.07) is 11.1. The number of Topliss-reactive ketones (excluding diaryl/α,β-unsaturated/α-hetero) is 1. The van der Waals surface area contributed by atoms with Crippen LogP contribution in [0.25, 0.3) is 0 Å². The van der Waals surface area contributed by atoms with Crippen LogP contribution < -0.4 is 4.90 Å². The maximum Gasteiger partial charge on any atom is 0.416 e. The molecule has 0 N–H and O–H groups in total. The number of hydrogen-bond acceptors (Lipinski definition) is 3. The first kappa shape index (κ1) is 23.1. The van der Waals surface area contributed by atoms with Crippen LogP contribution in [0.3, 0.4) is 0 Å². The molecule has 2 saturated heterocycles. The largest absolute Gasteiger partial charge is 0.416 e. The lowest BCUT2D eigenvalue weighted by molar-refractivity contribution is -0.137. The van der Waals surface area contributed by atoms with Gasteiger partial charge in [0.25, 0.3) is 0 Å². The summed E-state index contributed by atoms with van der Waals surface area (Å²) < 4.78 is 40.8. The van der Waals surface area contributed by atoms with Crippen LogP contribution in [0.4, 0.5) is 18.9 Å². The van der Waals surface area contributed by atoms with Gasteiger partial charge in [0.1, 0.15) is 0 Å². The molecule has 2 fully saturated rings. The van der Waals surface area contributed by atoms with Crippen LogP contribution in [-0.4, -0.2) is 42.9 Å². The molecule has 2 aliphatic heterocycles. The Morgan fingerprint density at radius 3 is 2.34 bits per heavy atom. The molecule has 0 unspecified atom stereocenters. The van der Waals surface area contributed by atoms with Crippen molar-refractivity contribution in [3.05, 3.63) is 64.2 Å². The predicted octanol–water partition coefficient (Wildman–Crippen LogP) is 6.24. The van der Waals surface area contributed by atoms with Gasteiger partial charge < -0.3 is 9.80 Å². The summed E-state index contributed by atoms with van der Waals surface area (Å²) in [4.78, 5) is 17.4. The van der Waals surface area contributed by atoms with E-state index >= 15 is 0 Å². The Labute approximate surface area is 192 Å². The molecule has 4 rings (SSSR count). The van der Waals surface area contributed by atoms with Crippen molar-refractivity contribution in [2.45, 2.75) is 50.7 Å². The molecule has 0 aromatic heterocycles. The van der Waals surface area contributed by atoms with Crippen LogP contribution in [-0.2, 0) is 12.6 Å². The van der Waals surface area contributed by atoms with Crippen molar-refractivity contribution in [2.24, 2.45) is 0 Å². The van der Waals surface area contributed by atoms with Crippen molar-refractivity contribution in [1.29, 1.82) is 0 Å². The molecule has 0 saturated carbocycles. The molecule has 0 aliphatic carbocycles. The van der Waals surface area contributed by atoms with Crippen molar-refractivity contribution in [3.8, 4) is 0 Å². The number of carbonyl (C=O) groups is 1. The van der Waals surface area contributed by atoms with Crippen molar-refractivity contribution in [3.63, 3.8) is 0 Å². The molecule has 32 heavy (non-hydrogen) atoms. The third-order valence-electron chi connectivity index (χ3n) is 6.56. The molecule has 0 bridgehead atoms. The second-order valence-electron chi connectivity index (χ2n) is 8.81. The molecule has 2 aromatic carbocycles. The van der Waals surface area contributed by atoms with Crippen LogP contribution >= 0.6 is 11.6 Å². The third-order valence-corrected chi connectivity index (χ3v) is 6.79. The topological polar surface area (TPSA) is 23.6 Å². The smallest absolute Gasteiger partial charge is 0.371 e. The number of hydrogen-bond donors (Lipinski definition) is 0. The predicted molar refractivity (Wildman–Crippen MR) is 122 cm³/mol. The number of alkyl halides is 3. The van der Waals surface area contributed by atoms with E-state index in [1.807, 2.05) is 4.90 Å². The van der Waals surface area contributed by atoms with E-state index in [9.17, 15) is 18.0 Å². The average Bonchev–Trinajstić information content (AvgIpc) is 2.79. The first-order chi connectivity index (χ1) is 15.3. The average molecular weight is 465 g/mol. The van der Waals surface area contributed by atoms with Gasteiger partial charge in [-0.1, -0.05) is 30.2 Å². The van der Waals surface area contributed by atoms with Gasteiger partial charge >= 0.3 is 6.18 Å². The maximum absolute atomic E-state index is 13.6. The molecular formula is C25H28ClF3N2O. The molecule has 0 radical (unpaired) electrons. The van der Waals surface area contributed by atoms with E-state index < -0.39 is 11.7 Å². The third kappa shape index (κ3) is 5.65. The standard InChI is InChI=1S/C25H28ClF3N2O/c26-21-6-4-5-18(13-21)14-24(32)19-15-20(25(27,28)29)17-23(16-19)31-11-7-22(8-12-31)30-9-2-1-3-10-30/h4-6,13,15-17,22H,1-3,7-12,14H2. The molecule has 172 valence electrons. The quantitative estimate of drug-likeness (QED) is 0.489. The Bertz CT molecular complexity index is 948. The van der Waals surface area contributed by atoms with Gasteiger partial charge in [-0.05, 0) is 74.7 Å². The fourth-order valence-corrected chi connectivity index (χ4v) is 5.04. The molecule has 3 nitrogen and oxygen atoms in total. The Morgan fingerprint density at radius 2 is 1.69 bits per heavy atom. The van der Waals surface area contributed by atoms with Gasteiger partial charge in [0.2, 0.25) is 0 Å². The van der Waals surface area contributed by atoms with E-state index in [1.165, 1.54) is 25.3 Å². The van der Waals surface area contributed by atoms with Gasteiger partial charge in [-0.25, -0.2) is 0 Å². The Morgan fingerprint density at radius 1 is 0.969 bits per heavy atom. The highest BCUT2D eigenvalue weighted by atomic mass is 35.5. The molecular weight excluding hydrogens is 437 g/mol. The Balaban J connectivity index is 1.52. The van der Waals surface area contributed by atoms with Gasteiger partial charge in [-0.15, -0.1) is 0 Å². The van der Waals surface area contributed by atoms with E-state index in [-0.39, 0.29) is 17.8 Å². The van der Waals surface area contributed by atoms with Gasteiger partial charge in [-0.2, -0.15) is 13.2 Å². The van der Waals surface area contributed by atoms with Crippen LogP contribution in [0.2, 0.25) is 5.02 Å². The number of halogens is 4. The fraction of sp³-hybridized carbons (Fsp3) is 0.480. The Kier molecular flexibility index (Phi) is 7.11. The van der Waals surface area contributed by atoms with Crippen molar-refractivity contribution in [2.75, 3.05) is 31.1 Å². The second kappa shape index (κ2) is 9.84. The molecule has 2 aliphatic rings. The van der Waals surface area contributed by atoms with Gasteiger partial charge in [0.15, 0.2) is 5.78 Å². The van der Waals surface area contributed by atoms with Crippen LogP contribution in [0, 0.1) is 0 Å². The number of ketones is 1. The van der Waals surface area contributed by atoms with E-state index in [0.29, 0.717) is 35.4 Å². The first-order valence-electron chi connectivity index (χ1n) is 11.3. The number of anilines is 1. The van der Waals surface area contributed by atoms with Crippen molar-refractivity contribution < 1.29 is 18.0 Å². The second-order valence-corrected chi connectivity index (χ2v) is 9.25. The molecule has 2 aromatic rings. The fourth-order valence-electron chi connectivity index (χ4n) is 4.83. The summed E-state index contributed by atoms with van der Waals surface area (Å²) in [5.74, 6) is -0.345. The molecule has 2 heterocycles. The van der Waals surface area contributed by atoms with Crippen LogP contribution in [0.1, 0.15) is 53.6 Å². The van der Waals surface area contributed by atoms with Gasteiger partial charge in [0, 0.05) is 41.8 Å². The summed E-state index contributed by atoms with van der Waals surface area (Å²) in [6.45, 7) is 3.64. The Hall–Kier alpha value is -2.05. The van der Waals surface area contributed by atoms with Crippen LogP contribution in [0.5, 0.6) is 0 Å². The summed E-state index contributed by atoms with van der Waals surface area (Å²) in [7, 11) is 0. The number of carbonyl (C=O) groups excluding carboxylic acids is 1. The molecule has 0 spiro atoms. The minimum absolute atomic E-state index is 0.0122. The van der Waals surface area contributed by atoms with E-state index in [1.54, 1.807) is 30.3 Å². The lowest BCUT2D eigenvalue weighted by atomic mass is 9.97. The summed E-state index contributed by atoms with van der Waals surface area (Å²) in [5, 5.41) is 0.497. The van der Waals surface area contributed by atoms with E-state index in [2.05, 4.69) is 4.90 Å². The zero-order chi connectivity index (χ0) is 22.7. The summed E-state index contributed by atoms with van der Waals surface area (Å²) in [6.07, 6.45) is 1.11. The monoisotopic (exact) mass is 464 g/mol. The first-order valence-corrected chi connectivity index (χ1v) is 11.7. The minimum Gasteiger partial charge on any atom is -0.371 e. The van der Waals surface area contributed by atoms with E-state index in [0.717, 1.165) is 32.0 Å². The highest BCUT2D eigenvalue weighted by Gasteiger charge is 2.33. The summed E-state index contributed by atoms with van der Waals surface area (Å²) in [5.41, 5.74) is 0.478. The minimum atomic E-state index is -4.51. The number of rotatable bonds is 5. The summed E-state index contributed by atoms with van der Waals surface area (Å²) >= 11 is 5.98. The van der Waals surface area contributed by atoms with Gasteiger partial charge in [0.05, 0.1) is 5.56 Å². The molecule has 0 amide bonds. The lowest BCUT2D eigenvalue weighted by Crippen LogP contribution is -2.46. The van der Waals surface area contributed by atoms with Crippen LogP contribution in [0.15, 0.2) is 42.5 Å². The lowest BCUT2D eigenvalue weighted by Gasteiger charge is -2.41. The zero-order valence-electron chi connectivity index (χ0n) is 18.0. The highest BCUT2D eigenvalue weighted by molar-refractivity contribution is 6.30. The number of nitrogens with zero attached hydrogens (tertiary/aromatic N) is 2. The molecule has 0 atom stereocenters. The normalized spacial score (nSPS) is 18.7. The highest BCUT2D eigenvalue weighted by Crippen LogP contribution is 2.34. The maximum atomic E-state index is 13.6. The zero-order valence-corrected chi connectivity index (χ0v) is 18.8. The van der Waals surface area contributed by atoms with Crippen molar-refractivity contribution >= 4 is 23.1 Å². The number of piperidine rings is 2. The number of benzene rings is 2. The molecule has 7 heteroatoms. The van der Waals surface area contributed by atoms with Gasteiger partial charge in [-0.3, -0.25) is 4.79 Å².